The summed E-state index contributed by atoms with van der Waals surface area (Å²) in [5.41, 5.74) is 0.990. The highest BCUT2D eigenvalue weighted by molar-refractivity contribution is 5.94. The molecule has 0 aliphatic rings. The van der Waals surface area contributed by atoms with Gasteiger partial charge in [0.2, 0.25) is 5.82 Å². The number of fused-ring (bicyclic) bond motifs is 1. The Morgan fingerprint density at radius 2 is 1.90 bits per heavy atom. The van der Waals surface area contributed by atoms with Crippen LogP contribution in [0, 0.1) is 5.92 Å². The molecule has 0 aliphatic carbocycles. The van der Waals surface area contributed by atoms with E-state index in [1.54, 1.807) is 0 Å². The van der Waals surface area contributed by atoms with Gasteiger partial charge < -0.3 is 9.84 Å². The van der Waals surface area contributed by atoms with Crippen LogP contribution >= 0.6 is 0 Å². The molecule has 2 aromatic carbocycles. The average molecular weight is 267 g/mol. The third-order valence-electron chi connectivity index (χ3n) is 3.12. The van der Waals surface area contributed by atoms with Crippen LogP contribution in [0.4, 0.5) is 6.01 Å². The van der Waals surface area contributed by atoms with Crippen molar-refractivity contribution in [1.82, 2.24) is 10.1 Å². The lowest BCUT2D eigenvalue weighted by Crippen LogP contribution is -2.07. The summed E-state index contributed by atoms with van der Waals surface area (Å²) in [7, 11) is 0. The van der Waals surface area contributed by atoms with E-state index in [1.165, 1.54) is 5.39 Å². The number of hydrogen-bond donors (Lipinski definition) is 1. The number of nitrogens with one attached hydrogen (secondary N) is 1. The highest BCUT2D eigenvalue weighted by atomic mass is 16.5. The SMILES string of the molecule is CC(C)CNc1nc(-c2cccc3ccccc23)no1. The molecule has 0 amide bonds. The first-order valence-corrected chi connectivity index (χ1v) is 6.80. The summed E-state index contributed by atoms with van der Waals surface area (Å²) in [6.07, 6.45) is 0. The molecule has 0 radical (unpaired) electrons. The molecule has 0 unspecified atom stereocenters. The minimum atomic E-state index is 0.474. The van der Waals surface area contributed by atoms with Crippen molar-refractivity contribution in [1.29, 1.82) is 0 Å². The summed E-state index contributed by atoms with van der Waals surface area (Å²) < 4.78 is 5.25. The fourth-order valence-electron chi connectivity index (χ4n) is 2.12. The monoisotopic (exact) mass is 267 g/mol. The molecule has 102 valence electrons. The van der Waals surface area contributed by atoms with Gasteiger partial charge in [-0.25, -0.2) is 0 Å². The normalized spacial score (nSPS) is 11.2. The topological polar surface area (TPSA) is 51.0 Å². The Labute approximate surface area is 117 Å². The average Bonchev–Trinajstić information content (AvgIpc) is 2.93. The van der Waals surface area contributed by atoms with Gasteiger partial charge in [0.25, 0.3) is 0 Å². The summed E-state index contributed by atoms with van der Waals surface area (Å²) in [4.78, 5) is 4.41. The first kappa shape index (κ1) is 12.7. The molecule has 1 aromatic heterocycles. The zero-order chi connectivity index (χ0) is 13.9. The van der Waals surface area contributed by atoms with Crippen molar-refractivity contribution < 1.29 is 4.52 Å². The Bertz CT molecular complexity index is 713. The Kier molecular flexibility index (Phi) is 3.37. The molecule has 0 saturated heterocycles. The number of aromatic nitrogens is 2. The van der Waals surface area contributed by atoms with Crippen LogP contribution in [-0.4, -0.2) is 16.7 Å². The van der Waals surface area contributed by atoms with Gasteiger partial charge in [-0.15, -0.1) is 0 Å². The van der Waals surface area contributed by atoms with Gasteiger partial charge in [0.1, 0.15) is 0 Å². The lowest BCUT2D eigenvalue weighted by atomic mass is 10.0. The molecular formula is C16H17N3O. The number of benzene rings is 2. The number of rotatable bonds is 4. The van der Waals surface area contributed by atoms with Crippen molar-refractivity contribution in [3.8, 4) is 11.4 Å². The first-order chi connectivity index (χ1) is 9.74. The van der Waals surface area contributed by atoms with Crippen molar-refractivity contribution in [3.05, 3.63) is 42.5 Å². The molecule has 3 aromatic rings. The highest BCUT2D eigenvalue weighted by Gasteiger charge is 2.11. The van der Waals surface area contributed by atoms with Crippen LogP contribution in [0.1, 0.15) is 13.8 Å². The maximum atomic E-state index is 5.25. The van der Waals surface area contributed by atoms with E-state index in [0.29, 0.717) is 17.8 Å². The van der Waals surface area contributed by atoms with Crippen LogP contribution in [-0.2, 0) is 0 Å². The van der Waals surface area contributed by atoms with Gasteiger partial charge >= 0.3 is 6.01 Å². The molecule has 4 nitrogen and oxygen atoms in total. The number of hydrogen-bond acceptors (Lipinski definition) is 4. The summed E-state index contributed by atoms with van der Waals surface area (Å²) in [6.45, 7) is 5.08. The molecule has 0 spiro atoms. The van der Waals surface area contributed by atoms with Crippen molar-refractivity contribution >= 4 is 16.8 Å². The Morgan fingerprint density at radius 1 is 1.10 bits per heavy atom. The van der Waals surface area contributed by atoms with Gasteiger partial charge in [0.15, 0.2) is 0 Å². The molecule has 0 fully saturated rings. The number of anilines is 1. The Hall–Kier alpha value is -2.36. The second kappa shape index (κ2) is 5.33. The molecule has 0 saturated carbocycles. The van der Waals surface area contributed by atoms with Crippen LogP contribution in [0.3, 0.4) is 0 Å². The molecule has 4 heteroatoms. The van der Waals surface area contributed by atoms with Gasteiger partial charge in [0.05, 0.1) is 0 Å². The molecule has 3 rings (SSSR count). The van der Waals surface area contributed by atoms with E-state index in [1.807, 2.05) is 24.3 Å². The molecule has 0 aliphatic heterocycles. The quantitative estimate of drug-likeness (QED) is 0.777. The van der Waals surface area contributed by atoms with Crippen molar-refractivity contribution in [2.75, 3.05) is 11.9 Å². The second-order valence-corrected chi connectivity index (χ2v) is 5.22. The zero-order valence-electron chi connectivity index (χ0n) is 11.6. The van der Waals surface area contributed by atoms with Crippen LogP contribution in [0.15, 0.2) is 47.0 Å². The molecule has 1 N–H and O–H groups in total. The van der Waals surface area contributed by atoms with E-state index >= 15 is 0 Å². The lowest BCUT2D eigenvalue weighted by molar-refractivity contribution is 0.430. The largest absolute Gasteiger partial charge is 0.337 e. The molecule has 20 heavy (non-hydrogen) atoms. The van der Waals surface area contributed by atoms with Crippen LogP contribution in [0.2, 0.25) is 0 Å². The molecule has 1 heterocycles. The van der Waals surface area contributed by atoms with Gasteiger partial charge in [0, 0.05) is 12.1 Å². The maximum Gasteiger partial charge on any atom is 0.321 e. The van der Waals surface area contributed by atoms with E-state index in [9.17, 15) is 0 Å². The zero-order valence-corrected chi connectivity index (χ0v) is 11.6. The third-order valence-corrected chi connectivity index (χ3v) is 3.12. The van der Waals surface area contributed by atoms with Gasteiger partial charge in [-0.05, 0) is 16.7 Å². The predicted molar refractivity (Wildman–Crippen MR) is 80.6 cm³/mol. The van der Waals surface area contributed by atoms with E-state index < -0.39 is 0 Å². The Morgan fingerprint density at radius 3 is 2.75 bits per heavy atom. The highest BCUT2D eigenvalue weighted by Crippen LogP contribution is 2.27. The van der Waals surface area contributed by atoms with Crippen LogP contribution < -0.4 is 5.32 Å². The Balaban J connectivity index is 1.95. The minimum absolute atomic E-state index is 0.474. The standard InChI is InChI=1S/C16H17N3O/c1-11(2)10-17-16-18-15(19-20-16)14-9-5-7-12-6-3-4-8-13(12)14/h3-9,11H,10H2,1-2H3,(H,17,18,19). The van der Waals surface area contributed by atoms with Crippen molar-refractivity contribution in [3.63, 3.8) is 0 Å². The molecule has 0 atom stereocenters. The summed E-state index contributed by atoms with van der Waals surface area (Å²) >= 11 is 0. The maximum absolute atomic E-state index is 5.25. The summed E-state index contributed by atoms with van der Waals surface area (Å²) in [6, 6.07) is 14.8. The fourth-order valence-corrected chi connectivity index (χ4v) is 2.12. The predicted octanol–water partition coefficient (Wildman–Crippen LogP) is 3.96. The van der Waals surface area contributed by atoms with Crippen molar-refractivity contribution in [2.24, 2.45) is 5.92 Å². The van der Waals surface area contributed by atoms with Crippen LogP contribution in [0.5, 0.6) is 0 Å². The fraction of sp³-hybridized carbons (Fsp3) is 0.250. The first-order valence-electron chi connectivity index (χ1n) is 6.80. The van der Waals surface area contributed by atoms with Crippen LogP contribution in [0.25, 0.3) is 22.2 Å². The van der Waals surface area contributed by atoms with E-state index in [4.69, 9.17) is 4.52 Å². The van der Waals surface area contributed by atoms with Gasteiger partial charge in [-0.2, -0.15) is 4.98 Å². The van der Waals surface area contributed by atoms with Gasteiger partial charge in [-0.1, -0.05) is 61.5 Å². The van der Waals surface area contributed by atoms with E-state index in [-0.39, 0.29) is 0 Å². The van der Waals surface area contributed by atoms with Gasteiger partial charge in [-0.3, -0.25) is 0 Å². The van der Waals surface area contributed by atoms with E-state index in [2.05, 4.69) is 47.5 Å². The summed E-state index contributed by atoms with van der Waals surface area (Å²) in [5.74, 6) is 1.15. The summed E-state index contributed by atoms with van der Waals surface area (Å²) in [5, 5.41) is 9.51. The smallest absolute Gasteiger partial charge is 0.321 e. The molecular weight excluding hydrogens is 250 g/mol. The minimum Gasteiger partial charge on any atom is -0.337 e. The second-order valence-electron chi connectivity index (χ2n) is 5.22. The number of nitrogens with zero attached hydrogens (tertiary/aromatic N) is 2. The van der Waals surface area contributed by atoms with Crippen molar-refractivity contribution in [2.45, 2.75) is 13.8 Å². The molecule has 0 bridgehead atoms. The van der Waals surface area contributed by atoms with E-state index in [0.717, 1.165) is 17.5 Å². The lowest BCUT2D eigenvalue weighted by Gasteiger charge is -2.03. The third kappa shape index (κ3) is 2.50.